The molecule has 0 saturated carbocycles. The van der Waals surface area contributed by atoms with Crippen LogP contribution in [0.3, 0.4) is 0 Å². The van der Waals surface area contributed by atoms with Gasteiger partial charge in [-0.05, 0) is 63.2 Å². The summed E-state index contributed by atoms with van der Waals surface area (Å²) in [4.78, 5) is 66.4. The van der Waals surface area contributed by atoms with E-state index in [0.717, 1.165) is 25.2 Å². The number of amides is 2. The number of fused-ring (bicyclic) bond motifs is 1. The van der Waals surface area contributed by atoms with Crippen LogP contribution >= 0.6 is 0 Å². The smallest absolute Gasteiger partial charge is 0.344 e. The number of aryl methyl sites for hydroxylation is 1. The molecule has 0 bridgehead atoms. The number of likely N-dealkylation sites (N-methyl/N-ethyl adjacent to an activating group) is 1. The van der Waals surface area contributed by atoms with E-state index in [9.17, 15) is 24.0 Å². The van der Waals surface area contributed by atoms with Crippen molar-refractivity contribution < 1.29 is 33.8 Å². The zero-order valence-corrected chi connectivity index (χ0v) is 24.2. The molecule has 11 nitrogen and oxygen atoms in total. The summed E-state index contributed by atoms with van der Waals surface area (Å²) in [5, 5.41) is 14.6. The fourth-order valence-corrected chi connectivity index (χ4v) is 4.71. The van der Waals surface area contributed by atoms with Gasteiger partial charge in [-0.15, -0.1) is 0 Å². The van der Waals surface area contributed by atoms with Gasteiger partial charge in [-0.3, -0.25) is 19.2 Å². The molecule has 2 amide bonds. The molecule has 0 radical (unpaired) electrons. The van der Waals surface area contributed by atoms with Crippen molar-refractivity contribution in [2.75, 3.05) is 31.5 Å². The van der Waals surface area contributed by atoms with Gasteiger partial charge >= 0.3 is 11.9 Å². The van der Waals surface area contributed by atoms with Gasteiger partial charge in [0.05, 0.1) is 17.6 Å². The summed E-state index contributed by atoms with van der Waals surface area (Å²) in [5.41, 5.74) is 4.92. The van der Waals surface area contributed by atoms with Crippen LogP contribution in [-0.4, -0.2) is 76.8 Å². The number of nitrogens with zero attached hydrogens (tertiary/aromatic N) is 1. The molecule has 0 unspecified atom stereocenters. The fraction of sp³-hybridized carbons (Fsp3) is 0.433. The molecule has 0 aliphatic carbocycles. The molecule has 2 heterocycles. The summed E-state index contributed by atoms with van der Waals surface area (Å²) < 4.78 is 4.75. The second kappa shape index (κ2) is 13.9. The van der Waals surface area contributed by atoms with Gasteiger partial charge in [-0.2, -0.15) is 0 Å². The number of carboxylic acids is 1. The topological polar surface area (TPSA) is 158 Å². The number of rotatable bonds is 14. The third-order valence-corrected chi connectivity index (χ3v) is 7.13. The number of carboxylic acid groups (broad SMARTS) is 1. The molecule has 3 rings (SSSR count). The van der Waals surface area contributed by atoms with E-state index in [1.54, 1.807) is 24.3 Å². The molecule has 220 valence electrons. The normalized spacial score (nSPS) is 14.1. The minimum absolute atomic E-state index is 0.0367. The second-order valence-electron chi connectivity index (χ2n) is 10.0. The first kappa shape index (κ1) is 31.3. The van der Waals surface area contributed by atoms with Gasteiger partial charge in [-0.1, -0.05) is 19.9 Å². The van der Waals surface area contributed by atoms with Crippen molar-refractivity contribution >= 4 is 46.9 Å². The van der Waals surface area contributed by atoms with Crippen molar-refractivity contribution in [3.05, 3.63) is 51.8 Å². The lowest BCUT2D eigenvalue weighted by molar-refractivity contribution is -0.162. The summed E-state index contributed by atoms with van der Waals surface area (Å²) in [5.74, 6) is -2.71. The number of Topliss-reactive ketones (excluding diaryl/α,β-unsaturated/α-hetero) is 1. The number of hydrogen-bond acceptors (Lipinski definition) is 7. The first-order valence-corrected chi connectivity index (χ1v) is 13.7. The van der Waals surface area contributed by atoms with Gasteiger partial charge in [0.15, 0.2) is 6.10 Å². The van der Waals surface area contributed by atoms with E-state index in [2.05, 4.69) is 34.4 Å². The Morgan fingerprint density at radius 3 is 2.49 bits per heavy atom. The van der Waals surface area contributed by atoms with Crippen LogP contribution < -0.4 is 10.6 Å². The highest BCUT2D eigenvalue weighted by Crippen LogP contribution is 2.35. The van der Waals surface area contributed by atoms with Crippen LogP contribution in [0.15, 0.2) is 18.2 Å². The summed E-state index contributed by atoms with van der Waals surface area (Å²) in [6.07, 6.45) is 0.155. The number of benzene rings is 1. The van der Waals surface area contributed by atoms with Crippen LogP contribution in [0.4, 0.5) is 5.69 Å². The Bertz CT molecular complexity index is 1370. The SMILES string of the molecule is CCN(CC)CCNC(=O)c1c(C)[nH]c(/C=C2\C(=O)Nc3ccc(CC(=O)CCC(=O)O[C@@H](C)C(=O)O)cc32)c1C. The van der Waals surface area contributed by atoms with Crippen LogP contribution in [0.1, 0.15) is 72.0 Å². The van der Waals surface area contributed by atoms with Crippen molar-refractivity contribution in [2.24, 2.45) is 0 Å². The predicted molar refractivity (Wildman–Crippen MR) is 154 cm³/mol. The van der Waals surface area contributed by atoms with Crippen molar-refractivity contribution in [1.82, 2.24) is 15.2 Å². The molecule has 4 N–H and O–H groups in total. The first-order valence-electron chi connectivity index (χ1n) is 13.7. The van der Waals surface area contributed by atoms with E-state index in [1.165, 1.54) is 6.92 Å². The Morgan fingerprint density at radius 2 is 1.83 bits per heavy atom. The molecule has 2 aromatic rings. The van der Waals surface area contributed by atoms with Crippen molar-refractivity contribution in [3.63, 3.8) is 0 Å². The lowest BCUT2D eigenvalue weighted by atomic mass is 9.98. The van der Waals surface area contributed by atoms with Crippen LogP contribution in [-0.2, 0) is 30.3 Å². The minimum Gasteiger partial charge on any atom is -0.479 e. The van der Waals surface area contributed by atoms with Crippen LogP contribution in [0.25, 0.3) is 11.6 Å². The average Bonchev–Trinajstić information content (AvgIpc) is 3.39. The molecular formula is C30H38N4O7. The van der Waals surface area contributed by atoms with E-state index in [0.29, 0.717) is 45.9 Å². The van der Waals surface area contributed by atoms with E-state index >= 15 is 0 Å². The highest BCUT2D eigenvalue weighted by Gasteiger charge is 2.26. The van der Waals surface area contributed by atoms with E-state index < -0.39 is 18.0 Å². The summed E-state index contributed by atoms with van der Waals surface area (Å²) in [6.45, 7) is 12.2. The minimum atomic E-state index is -1.28. The molecule has 1 aromatic heterocycles. The average molecular weight is 567 g/mol. The summed E-state index contributed by atoms with van der Waals surface area (Å²) in [7, 11) is 0. The monoisotopic (exact) mass is 566 g/mol. The number of aromatic amines is 1. The Morgan fingerprint density at radius 1 is 1.12 bits per heavy atom. The number of aliphatic carboxylic acids is 1. The molecule has 1 atom stereocenters. The number of anilines is 1. The highest BCUT2D eigenvalue weighted by molar-refractivity contribution is 6.35. The Balaban J connectivity index is 1.72. The van der Waals surface area contributed by atoms with Gasteiger partial charge in [-0.25, -0.2) is 4.79 Å². The predicted octanol–water partition coefficient (Wildman–Crippen LogP) is 3.10. The van der Waals surface area contributed by atoms with E-state index in [4.69, 9.17) is 9.84 Å². The summed E-state index contributed by atoms with van der Waals surface area (Å²) in [6, 6.07) is 5.21. The van der Waals surface area contributed by atoms with Gasteiger partial charge in [0.1, 0.15) is 5.78 Å². The molecule has 1 aliphatic heterocycles. The third kappa shape index (κ3) is 7.91. The third-order valence-electron chi connectivity index (χ3n) is 7.13. The molecule has 1 aromatic carbocycles. The fourth-order valence-electron chi connectivity index (χ4n) is 4.71. The quantitative estimate of drug-likeness (QED) is 0.201. The lowest BCUT2D eigenvalue weighted by Crippen LogP contribution is -2.35. The van der Waals surface area contributed by atoms with Gasteiger partial charge < -0.3 is 30.4 Å². The van der Waals surface area contributed by atoms with E-state index in [-0.39, 0.29) is 36.9 Å². The zero-order chi connectivity index (χ0) is 30.3. The van der Waals surface area contributed by atoms with Crippen LogP contribution in [0.2, 0.25) is 0 Å². The maximum Gasteiger partial charge on any atom is 0.344 e. The largest absolute Gasteiger partial charge is 0.479 e. The first-order chi connectivity index (χ1) is 19.4. The number of ketones is 1. The zero-order valence-electron chi connectivity index (χ0n) is 24.2. The number of carbonyl (C=O) groups is 5. The number of H-pyrrole nitrogens is 1. The number of carbonyl (C=O) groups excluding carboxylic acids is 4. The molecule has 0 saturated heterocycles. The number of aromatic nitrogens is 1. The van der Waals surface area contributed by atoms with Crippen LogP contribution in [0.5, 0.6) is 0 Å². The highest BCUT2D eigenvalue weighted by atomic mass is 16.6. The van der Waals surface area contributed by atoms with Gasteiger partial charge in [0, 0.05) is 48.6 Å². The molecule has 11 heteroatoms. The Kier molecular flexibility index (Phi) is 10.6. The van der Waals surface area contributed by atoms with E-state index in [1.807, 2.05) is 13.8 Å². The molecular weight excluding hydrogens is 528 g/mol. The molecule has 1 aliphatic rings. The van der Waals surface area contributed by atoms with Crippen molar-refractivity contribution in [2.45, 2.75) is 60.0 Å². The molecule has 0 fully saturated rings. The van der Waals surface area contributed by atoms with Gasteiger partial charge in [0.2, 0.25) is 0 Å². The van der Waals surface area contributed by atoms with Crippen molar-refractivity contribution in [3.8, 4) is 0 Å². The number of nitrogens with one attached hydrogen (secondary N) is 3. The maximum atomic E-state index is 12.9. The number of esters is 1. The standard InChI is InChI=1S/C30H38N4O7/c1-6-34(7-2)13-12-31-29(38)27-17(3)25(32-18(27)4)16-23-22-15-20(8-10-24(22)33-28(23)37)14-21(35)9-11-26(36)41-19(5)30(39)40/h8,10,15-16,19,32H,6-7,9,11-14H2,1-5H3,(H,31,38)(H,33,37)(H,39,40)/b23-16-/t19-/m0/s1. The Labute approximate surface area is 239 Å². The maximum absolute atomic E-state index is 12.9. The van der Waals surface area contributed by atoms with Crippen LogP contribution in [0, 0.1) is 13.8 Å². The van der Waals surface area contributed by atoms with Gasteiger partial charge in [0.25, 0.3) is 11.8 Å². The second-order valence-corrected chi connectivity index (χ2v) is 10.0. The molecule has 41 heavy (non-hydrogen) atoms. The summed E-state index contributed by atoms with van der Waals surface area (Å²) >= 11 is 0. The Hall–Kier alpha value is -4.25. The van der Waals surface area contributed by atoms with Crippen molar-refractivity contribution in [1.29, 1.82) is 0 Å². The lowest BCUT2D eigenvalue weighted by Gasteiger charge is -2.18. The molecule has 0 spiro atoms. The number of ether oxygens (including phenoxy) is 1. The number of hydrogen-bond donors (Lipinski definition) is 4.